The van der Waals surface area contributed by atoms with Crippen molar-refractivity contribution in [1.82, 2.24) is 15.5 Å². The first-order chi connectivity index (χ1) is 12.6. The molecule has 136 valence electrons. The Labute approximate surface area is 152 Å². The number of amides is 2. The van der Waals surface area contributed by atoms with Gasteiger partial charge in [0.1, 0.15) is 0 Å². The van der Waals surface area contributed by atoms with E-state index in [1.54, 1.807) is 30.3 Å². The molecule has 0 saturated heterocycles. The van der Waals surface area contributed by atoms with Gasteiger partial charge in [-0.25, -0.2) is 4.79 Å². The molecule has 0 bridgehead atoms. The van der Waals surface area contributed by atoms with E-state index in [2.05, 4.69) is 26.1 Å². The van der Waals surface area contributed by atoms with Gasteiger partial charge in [-0.15, -0.1) is 10.2 Å². The molecular weight excluding hydrogens is 330 g/mol. The summed E-state index contributed by atoms with van der Waals surface area (Å²) in [6.07, 6.45) is 5.63. The number of aromatic nitrogens is 2. The molecule has 2 amide bonds. The molecule has 1 aromatic carbocycles. The Balaban J connectivity index is 1.55. The standard InChI is InChI=1S/C19H23N5O2/c1-13(25)14-6-5-9-16(12-14)20-17-10-11-18(24-23-17)22-19(26)21-15-7-3-2-4-8-15/h5-6,9-12,15H,2-4,7-8H2,1H3,(H,20,23)(H2,21,22,24,26). The maximum Gasteiger partial charge on any atom is 0.320 e. The summed E-state index contributed by atoms with van der Waals surface area (Å²) < 4.78 is 0. The lowest BCUT2D eigenvalue weighted by Crippen LogP contribution is -2.39. The number of urea groups is 1. The first-order valence-electron chi connectivity index (χ1n) is 8.89. The summed E-state index contributed by atoms with van der Waals surface area (Å²) in [5.41, 5.74) is 1.38. The number of nitrogens with zero attached hydrogens (tertiary/aromatic N) is 2. The molecule has 26 heavy (non-hydrogen) atoms. The average molecular weight is 353 g/mol. The minimum Gasteiger partial charge on any atom is -0.339 e. The number of carbonyl (C=O) groups is 2. The Hall–Kier alpha value is -2.96. The van der Waals surface area contributed by atoms with E-state index < -0.39 is 0 Å². The third kappa shape index (κ3) is 5.02. The number of rotatable bonds is 5. The van der Waals surface area contributed by atoms with Crippen molar-refractivity contribution in [2.45, 2.75) is 45.1 Å². The molecular formula is C19H23N5O2. The summed E-state index contributed by atoms with van der Waals surface area (Å²) in [6.45, 7) is 1.53. The van der Waals surface area contributed by atoms with Gasteiger partial charge in [0.05, 0.1) is 0 Å². The summed E-state index contributed by atoms with van der Waals surface area (Å²) in [4.78, 5) is 23.5. The fourth-order valence-corrected chi connectivity index (χ4v) is 3.01. The van der Waals surface area contributed by atoms with Crippen LogP contribution in [0.3, 0.4) is 0 Å². The average Bonchev–Trinajstić information content (AvgIpc) is 2.64. The van der Waals surface area contributed by atoms with E-state index in [0.29, 0.717) is 17.2 Å². The van der Waals surface area contributed by atoms with Gasteiger partial charge >= 0.3 is 6.03 Å². The zero-order chi connectivity index (χ0) is 18.4. The Bertz CT molecular complexity index is 770. The number of nitrogens with one attached hydrogen (secondary N) is 3. The number of anilines is 3. The monoisotopic (exact) mass is 353 g/mol. The van der Waals surface area contributed by atoms with Crippen molar-refractivity contribution in [1.29, 1.82) is 0 Å². The third-order valence-electron chi connectivity index (χ3n) is 4.39. The highest BCUT2D eigenvalue weighted by atomic mass is 16.2. The number of hydrogen-bond acceptors (Lipinski definition) is 5. The van der Waals surface area contributed by atoms with Gasteiger partial charge in [-0.2, -0.15) is 0 Å². The number of hydrogen-bond donors (Lipinski definition) is 3. The number of Topliss-reactive ketones (excluding diaryl/α,β-unsaturated/α-hetero) is 1. The van der Waals surface area contributed by atoms with Gasteiger partial charge in [0.2, 0.25) is 0 Å². The molecule has 0 aliphatic heterocycles. The van der Waals surface area contributed by atoms with Gasteiger partial charge in [0.25, 0.3) is 0 Å². The minimum absolute atomic E-state index is 0.00302. The lowest BCUT2D eigenvalue weighted by atomic mass is 9.96. The second kappa shape index (κ2) is 8.42. The molecule has 1 saturated carbocycles. The molecule has 0 spiro atoms. The van der Waals surface area contributed by atoms with Gasteiger partial charge in [-0.1, -0.05) is 31.4 Å². The van der Waals surface area contributed by atoms with E-state index in [-0.39, 0.29) is 17.9 Å². The number of carbonyl (C=O) groups excluding carboxylic acids is 2. The third-order valence-corrected chi connectivity index (χ3v) is 4.39. The van der Waals surface area contributed by atoms with Crippen LogP contribution in [0.2, 0.25) is 0 Å². The highest BCUT2D eigenvalue weighted by molar-refractivity contribution is 5.95. The van der Waals surface area contributed by atoms with Crippen LogP contribution in [0.15, 0.2) is 36.4 Å². The predicted octanol–water partition coefficient (Wildman–Crippen LogP) is 3.88. The maximum absolute atomic E-state index is 12.0. The molecule has 1 fully saturated rings. The molecule has 2 aromatic rings. The van der Waals surface area contributed by atoms with Gasteiger partial charge in [0, 0.05) is 17.3 Å². The van der Waals surface area contributed by atoms with E-state index in [1.807, 2.05) is 6.07 Å². The van der Waals surface area contributed by atoms with Crippen LogP contribution in [0.4, 0.5) is 22.1 Å². The van der Waals surface area contributed by atoms with Crippen LogP contribution >= 0.6 is 0 Å². The molecule has 7 heteroatoms. The van der Waals surface area contributed by atoms with Crippen LogP contribution in [-0.4, -0.2) is 28.1 Å². The van der Waals surface area contributed by atoms with Crippen LogP contribution in [-0.2, 0) is 0 Å². The van der Waals surface area contributed by atoms with Crippen LogP contribution in [0.1, 0.15) is 49.4 Å². The van der Waals surface area contributed by atoms with Gasteiger partial charge < -0.3 is 10.6 Å². The van der Waals surface area contributed by atoms with E-state index in [4.69, 9.17) is 0 Å². The summed E-state index contributed by atoms with van der Waals surface area (Å²) in [7, 11) is 0. The fourth-order valence-electron chi connectivity index (χ4n) is 3.01. The molecule has 1 aliphatic rings. The summed E-state index contributed by atoms with van der Waals surface area (Å²) in [5.74, 6) is 0.925. The minimum atomic E-state index is -0.249. The molecule has 1 aromatic heterocycles. The van der Waals surface area contributed by atoms with E-state index in [9.17, 15) is 9.59 Å². The second-order valence-corrected chi connectivity index (χ2v) is 6.50. The summed E-state index contributed by atoms with van der Waals surface area (Å²) in [5, 5.41) is 16.8. The van der Waals surface area contributed by atoms with E-state index in [1.165, 1.54) is 13.3 Å². The molecule has 3 N–H and O–H groups in total. The van der Waals surface area contributed by atoms with Crippen LogP contribution < -0.4 is 16.0 Å². The van der Waals surface area contributed by atoms with Crippen molar-refractivity contribution >= 4 is 29.1 Å². The Kier molecular flexibility index (Phi) is 5.78. The summed E-state index contributed by atoms with van der Waals surface area (Å²) >= 11 is 0. The Morgan fingerprint density at radius 2 is 1.73 bits per heavy atom. The predicted molar refractivity (Wildman–Crippen MR) is 101 cm³/mol. The molecule has 1 heterocycles. The zero-order valence-corrected chi connectivity index (χ0v) is 14.8. The molecule has 7 nitrogen and oxygen atoms in total. The Morgan fingerprint density at radius 3 is 2.42 bits per heavy atom. The Morgan fingerprint density at radius 1 is 1.00 bits per heavy atom. The summed E-state index contributed by atoms with van der Waals surface area (Å²) in [6, 6.07) is 10.6. The molecule has 0 radical (unpaired) electrons. The van der Waals surface area contributed by atoms with E-state index in [0.717, 1.165) is 31.4 Å². The largest absolute Gasteiger partial charge is 0.339 e. The SMILES string of the molecule is CC(=O)c1cccc(Nc2ccc(NC(=O)NC3CCCCC3)nn2)c1. The fraction of sp³-hybridized carbons (Fsp3) is 0.368. The smallest absolute Gasteiger partial charge is 0.320 e. The molecule has 0 atom stereocenters. The van der Waals surface area contributed by atoms with Crippen molar-refractivity contribution in [2.24, 2.45) is 0 Å². The quantitative estimate of drug-likeness (QED) is 0.709. The van der Waals surface area contributed by atoms with Crippen LogP contribution in [0, 0.1) is 0 Å². The highest BCUT2D eigenvalue weighted by Gasteiger charge is 2.15. The second-order valence-electron chi connectivity index (χ2n) is 6.50. The molecule has 3 rings (SSSR count). The van der Waals surface area contributed by atoms with Crippen molar-refractivity contribution in [3.63, 3.8) is 0 Å². The number of benzene rings is 1. The molecule has 0 unspecified atom stereocenters. The van der Waals surface area contributed by atoms with Crippen molar-refractivity contribution in [2.75, 3.05) is 10.6 Å². The zero-order valence-electron chi connectivity index (χ0n) is 14.8. The van der Waals surface area contributed by atoms with Crippen molar-refractivity contribution in [3.05, 3.63) is 42.0 Å². The highest BCUT2D eigenvalue weighted by Crippen LogP contribution is 2.18. The topological polar surface area (TPSA) is 96.0 Å². The lowest BCUT2D eigenvalue weighted by molar-refractivity contribution is 0.101. The van der Waals surface area contributed by atoms with Crippen LogP contribution in [0.5, 0.6) is 0 Å². The maximum atomic E-state index is 12.0. The van der Waals surface area contributed by atoms with Gasteiger partial charge in [-0.3, -0.25) is 10.1 Å². The number of ketones is 1. The van der Waals surface area contributed by atoms with E-state index >= 15 is 0 Å². The van der Waals surface area contributed by atoms with Gasteiger partial charge in [0.15, 0.2) is 17.4 Å². The first kappa shape index (κ1) is 17.8. The lowest BCUT2D eigenvalue weighted by Gasteiger charge is -2.22. The van der Waals surface area contributed by atoms with Crippen molar-refractivity contribution < 1.29 is 9.59 Å². The van der Waals surface area contributed by atoms with Crippen LogP contribution in [0.25, 0.3) is 0 Å². The van der Waals surface area contributed by atoms with Gasteiger partial charge in [-0.05, 0) is 44.0 Å². The van der Waals surface area contributed by atoms with Crippen molar-refractivity contribution in [3.8, 4) is 0 Å². The first-order valence-corrected chi connectivity index (χ1v) is 8.89. The normalized spacial score (nSPS) is 14.5. The molecule has 1 aliphatic carbocycles.